The van der Waals surface area contributed by atoms with Gasteiger partial charge in [0.1, 0.15) is 0 Å². The lowest BCUT2D eigenvalue weighted by Crippen LogP contribution is -2.02. The standard InChI is InChI=1S/C14H9Cl2FN2/c15-11-2-1-3-13(14(11)17)19-8-10-5-4-9(7-18)6-12(10)16/h1-6,19H,8H2. The highest BCUT2D eigenvalue weighted by molar-refractivity contribution is 6.31. The predicted octanol–water partition coefficient (Wildman–Crippen LogP) is 4.62. The molecular weight excluding hydrogens is 286 g/mol. The van der Waals surface area contributed by atoms with Crippen LogP contribution in [0.2, 0.25) is 10.0 Å². The van der Waals surface area contributed by atoms with Crippen molar-refractivity contribution in [1.82, 2.24) is 0 Å². The minimum Gasteiger partial charge on any atom is -0.379 e. The van der Waals surface area contributed by atoms with Crippen LogP contribution < -0.4 is 5.32 Å². The number of halogens is 3. The van der Waals surface area contributed by atoms with Crippen molar-refractivity contribution in [3.05, 3.63) is 63.4 Å². The first-order valence-corrected chi connectivity index (χ1v) is 6.24. The Hall–Kier alpha value is -1.76. The summed E-state index contributed by atoms with van der Waals surface area (Å²) in [6.45, 7) is 0.349. The number of benzene rings is 2. The van der Waals surface area contributed by atoms with E-state index in [2.05, 4.69) is 5.32 Å². The van der Waals surface area contributed by atoms with Gasteiger partial charge in [-0.2, -0.15) is 5.26 Å². The van der Waals surface area contributed by atoms with Gasteiger partial charge < -0.3 is 5.32 Å². The van der Waals surface area contributed by atoms with Crippen LogP contribution in [0.3, 0.4) is 0 Å². The number of anilines is 1. The van der Waals surface area contributed by atoms with Crippen LogP contribution in [0, 0.1) is 17.1 Å². The molecule has 19 heavy (non-hydrogen) atoms. The van der Waals surface area contributed by atoms with Gasteiger partial charge in [0.05, 0.1) is 22.3 Å². The second kappa shape index (κ2) is 5.92. The summed E-state index contributed by atoms with van der Waals surface area (Å²) in [5, 5.41) is 12.2. The fraction of sp³-hybridized carbons (Fsp3) is 0.0714. The fourth-order valence-electron chi connectivity index (χ4n) is 1.59. The average molecular weight is 295 g/mol. The van der Waals surface area contributed by atoms with E-state index in [0.717, 1.165) is 5.56 Å². The van der Waals surface area contributed by atoms with Gasteiger partial charge in [-0.3, -0.25) is 0 Å². The van der Waals surface area contributed by atoms with E-state index in [1.165, 1.54) is 6.07 Å². The van der Waals surface area contributed by atoms with Gasteiger partial charge >= 0.3 is 0 Å². The second-order valence-corrected chi connectivity index (χ2v) is 4.69. The Kier molecular flexibility index (Phi) is 4.26. The van der Waals surface area contributed by atoms with Gasteiger partial charge in [0, 0.05) is 11.6 Å². The number of nitriles is 1. The maximum atomic E-state index is 13.7. The maximum absolute atomic E-state index is 13.7. The molecule has 2 aromatic rings. The predicted molar refractivity (Wildman–Crippen MR) is 74.9 cm³/mol. The Morgan fingerprint density at radius 3 is 2.63 bits per heavy atom. The Balaban J connectivity index is 2.15. The molecule has 0 aliphatic heterocycles. The van der Waals surface area contributed by atoms with Gasteiger partial charge in [0.25, 0.3) is 0 Å². The van der Waals surface area contributed by atoms with Crippen molar-refractivity contribution in [2.45, 2.75) is 6.54 Å². The molecule has 0 aromatic heterocycles. The summed E-state index contributed by atoms with van der Waals surface area (Å²) in [5.74, 6) is -0.492. The van der Waals surface area contributed by atoms with Crippen LogP contribution in [0.5, 0.6) is 0 Å². The highest BCUT2D eigenvalue weighted by atomic mass is 35.5. The Morgan fingerprint density at radius 1 is 1.16 bits per heavy atom. The van der Waals surface area contributed by atoms with Crippen molar-refractivity contribution in [3.8, 4) is 6.07 Å². The lowest BCUT2D eigenvalue weighted by atomic mass is 10.1. The summed E-state index contributed by atoms with van der Waals surface area (Å²) in [6.07, 6.45) is 0. The van der Waals surface area contributed by atoms with E-state index in [0.29, 0.717) is 22.8 Å². The molecule has 2 aromatic carbocycles. The first kappa shape index (κ1) is 13.7. The number of hydrogen-bond acceptors (Lipinski definition) is 2. The Morgan fingerprint density at radius 2 is 1.95 bits per heavy atom. The van der Waals surface area contributed by atoms with E-state index in [9.17, 15) is 4.39 Å². The average Bonchev–Trinajstić information content (AvgIpc) is 2.41. The SMILES string of the molecule is N#Cc1ccc(CNc2cccc(Cl)c2F)c(Cl)c1. The number of nitrogens with one attached hydrogen (secondary N) is 1. The Bertz CT molecular complexity index is 650. The van der Waals surface area contributed by atoms with E-state index >= 15 is 0 Å². The molecule has 0 atom stereocenters. The molecule has 5 heteroatoms. The molecular formula is C14H9Cl2FN2. The van der Waals surface area contributed by atoms with Crippen molar-refractivity contribution in [2.75, 3.05) is 5.32 Å². The molecule has 0 bridgehead atoms. The van der Waals surface area contributed by atoms with E-state index in [-0.39, 0.29) is 5.02 Å². The molecule has 2 nitrogen and oxygen atoms in total. The van der Waals surface area contributed by atoms with Gasteiger partial charge in [0.2, 0.25) is 0 Å². The summed E-state index contributed by atoms with van der Waals surface area (Å²) in [4.78, 5) is 0. The normalized spacial score (nSPS) is 10.0. The van der Waals surface area contributed by atoms with Crippen molar-refractivity contribution in [2.24, 2.45) is 0 Å². The van der Waals surface area contributed by atoms with Gasteiger partial charge in [-0.25, -0.2) is 4.39 Å². The highest BCUT2D eigenvalue weighted by Gasteiger charge is 2.07. The molecule has 2 rings (SSSR count). The fourth-order valence-corrected chi connectivity index (χ4v) is 2.01. The zero-order chi connectivity index (χ0) is 13.8. The van der Waals surface area contributed by atoms with Crippen LogP contribution in [0.4, 0.5) is 10.1 Å². The molecule has 0 fully saturated rings. The second-order valence-electron chi connectivity index (χ2n) is 3.87. The molecule has 0 unspecified atom stereocenters. The van der Waals surface area contributed by atoms with E-state index in [1.807, 2.05) is 6.07 Å². The number of hydrogen-bond donors (Lipinski definition) is 1. The summed E-state index contributed by atoms with van der Waals surface area (Å²) in [7, 11) is 0. The van der Waals surface area contributed by atoms with Crippen LogP contribution in [-0.2, 0) is 6.54 Å². The quantitative estimate of drug-likeness (QED) is 0.897. The van der Waals surface area contributed by atoms with Crippen molar-refractivity contribution >= 4 is 28.9 Å². The minimum atomic E-state index is -0.492. The molecule has 96 valence electrons. The first-order valence-electron chi connectivity index (χ1n) is 5.48. The molecule has 0 saturated carbocycles. The van der Waals surface area contributed by atoms with Crippen LogP contribution in [0.15, 0.2) is 36.4 Å². The lowest BCUT2D eigenvalue weighted by Gasteiger charge is -2.09. The smallest absolute Gasteiger partial charge is 0.164 e. The monoisotopic (exact) mass is 294 g/mol. The van der Waals surface area contributed by atoms with Gasteiger partial charge in [-0.05, 0) is 29.8 Å². The number of rotatable bonds is 3. The third-order valence-electron chi connectivity index (χ3n) is 2.60. The van der Waals surface area contributed by atoms with Crippen LogP contribution in [0.25, 0.3) is 0 Å². The van der Waals surface area contributed by atoms with Crippen molar-refractivity contribution < 1.29 is 4.39 Å². The third-order valence-corrected chi connectivity index (χ3v) is 3.25. The number of nitrogens with zero attached hydrogens (tertiary/aromatic N) is 1. The summed E-state index contributed by atoms with van der Waals surface area (Å²) in [6, 6.07) is 11.7. The molecule has 0 spiro atoms. The van der Waals surface area contributed by atoms with E-state index in [1.54, 1.807) is 30.3 Å². The largest absolute Gasteiger partial charge is 0.379 e. The molecule has 0 radical (unpaired) electrons. The first-order chi connectivity index (χ1) is 9.11. The topological polar surface area (TPSA) is 35.8 Å². The molecule has 0 saturated heterocycles. The van der Waals surface area contributed by atoms with Gasteiger partial charge in [0.15, 0.2) is 5.82 Å². The minimum absolute atomic E-state index is 0.0657. The molecule has 0 amide bonds. The summed E-state index contributed by atoms with van der Waals surface area (Å²) >= 11 is 11.7. The third kappa shape index (κ3) is 3.17. The molecule has 0 aliphatic rings. The van der Waals surface area contributed by atoms with Crippen molar-refractivity contribution in [3.63, 3.8) is 0 Å². The maximum Gasteiger partial charge on any atom is 0.164 e. The molecule has 1 N–H and O–H groups in total. The van der Waals surface area contributed by atoms with E-state index in [4.69, 9.17) is 28.5 Å². The van der Waals surface area contributed by atoms with Crippen LogP contribution in [-0.4, -0.2) is 0 Å². The van der Waals surface area contributed by atoms with Crippen LogP contribution >= 0.6 is 23.2 Å². The van der Waals surface area contributed by atoms with Crippen molar-refractivity contribution in [1.29, 1.82) is 5.26 Å². The summed E-state index contributed by atoms with van der Waals surface area (Å²) < 4.78 is 13.7. The zero-order valence-corrected chi connectivity index (χ0v) is 11.3. The summed E-state index contributed by atoms with van der Waals surface area (Å²) in [5.41, 5.74) is 1.58. The van der Waals surface area contributed by atoms with Gasteiger partial charge in [-0.15, -0.1) is 0 Å². The van der Waals surface area contributed by atoms with E-state index < -0.39 is 5.82 Å². The molecule has 0 aliphatic carbocycles. The van der Waals surface area contributed by atoms with Crippen LogP contribution in [0.1, 0.15) is 11.1 Å². The highest BCUT2D eigenvalue weighted by Crippen LogP contribution is 2.24. The van der Waals surface area contributed by atoms with Gasteiger partial charge in [-0.1, -0.05) is 35.3 Å². The molecule has 0 heterocycles. The lowest BCUT2D eigenvalue weighted by molar-refractivity contribution is 0.630. The zero-order valence-electron chi connectivity index (χ0n) is 9.75. The Labute approximate surface area is 120 Å².